The highest BCUT2D eigenvalue weighted by Gasteiger charge is 2.41. The van der Waals surface area contributed by atoms with E-state index in [1.807, 2.05) is 36.1 Å². The fraction of sp³-hybridized carbons (Fsp3) is 0.415. The third-order valence-electron chi connectivity index (χ3n) is 13.3. The quantitative estimate of drug-likeness (QED) is 0.103. The van der Waals surface area contributed by atoms with Crippen LogP contribution in [0.3, 0.4) is 0 Å². The van der Waals surface area contributed by atoms with Crippen molar-refractivity contribution in [1.82, 2.24) is 24.8 Å². The number of ether oxygens (including phenoxy) is 6. The molecule has 0 spiro atoms. The van der Waals surface area contributed by atoms with Gasteiger partial charge in [-0.1, -0.05) is 41.9 Å². The molecule has 0 unspecified atom stereocenters. The van der Waals surface area contributed by atoms with Gasteiger partial charge < -0.3 is 38.2 Å². The third kappa shape index (κ3) is 11.0. The van der Waals surface area contributed by atoms with Crippen LogP contribution in [-0.4, -0.2) is 102 Å². The maximum absolute atomic E-state index is 18.2. The minimum Gasteiger partial charge on any atom is -0.497 e. The van der Waals surface area contributed by atoms with E-state index in [2.05, 4.69) is 20.2 Å². The van der Waals surface area contributed by atoms with Crippen LogP contribution in [0.15, 0.2) is 72.9 Å². The van der Waals surface area contributed by atoms with Gasteiger partial charge in [-0.25, -0.2) is 19.2 Å². The van der Waals surface area contributed by atoms with Crippen LogP contribution in [0, 0.1) is 12.7 Å². The van der Waals surface area contributed by atoms with Crippen LogP contribution < -0.4 is 34.1 Å². The summed E-state index contributed by atoms with van der Waals surface area (Å²) in [5.74, 6) is 0.371. The molecule has 0 saturated carbocycles. The lowest BCUT2D eigenvalue weighted by Crippen LogP contribution is -2.46. The van der Waals surface area contributed by atoms with Crippen molar-refractivity contribution in [2.45, 2.75) is 90.5 Å². The first-order valence-electron chi connectivity index (χ1n) is 24.0. The number of aromatic nitrogens is 4. The molecule has 9 rings (SSSR count). The predicted molar refractivity (Wildman–Crippen MR) is 269 cm³/mol. The number of alkyl halides is 3. The van der Waals surface area contributed by atoms with Crippen molar-refractivity contribution in [2.75, 3.05) is 68.9 Å². The number of morpholine rings is 1. The van der Waals surface area contributed by atoms with Crippen molar-refractivity contribution in [3.63, 3.8) is 0 Å². The van der Waals surface area contributed by atoms with Crippen molar-refractivity contribution < 1.29 is 50.8 Å². The van der Waals surface area contributed by atoms with Crippen LogP contribution in [0.5, 0.6) is 23.3 Å². The second-order valence-corrected chi connectivity index (χ2v) is 19.6. The third-order valence-corrected chi connectivity index (χ3v) is 13.6. The van der Waals surface area contributed by atoms with Crippen LogP contribution in [-0.2, 0) is 28.7 Å². The number of carbonyl (C=O) groups is 1. The number of amides is 1. The zero-order chi connectivity index (χ0) is 51.8. The Kier molecular flexibility index (Phi) is 14.8. The first kappa shape index (κ1) is 51.2. The number of pyridine rings is 2. The summed E-state index contributed by atoms with van der Waals surface area (Å²) in [6, 6.07) is 18.7. The van der Waals surface area contributed by atoms with E-state index < -0.39 is 57.1 Å². The molecule has 0 radical (unpaired) electrons. The van der Waals surface area contributed by atoms with Crippen molar-refractivity contribution in [3.8, 4) is 34.5 Å². The van der Waals surface area contributed by atoms with Crippen LogP contribution in [0.2, 0.25) is 5.02 Å². The Bertz CT molecular complexity index is 2930. The highest BCUT2D eigenvalue weighted by molar-refractivity contribution is 6.36. The van der Waals surface area contributed by atoms with Gasteiger partial charge >= 0.3 is 18.3 Å². The van der Waals surface area contributed by atoms with Crippen molar-refractivity contribution in [2.24, 2.45) is 0 Å². The molecular formula is C53H57ClF4N8O7. The highest BCUT2D eigenvalue weighted by Crippen LogP contribution is 2.51. The summed E-state index contributed by atoms with van der Waals surface area (Å²) in [4.78, 5) is 37.7. The molecular weight excluding hydrogens is 972 g/mol. The standard InChI is InChI=1S/C53H57ClF4N8O7/c1-30-25-39(64(26-32-10-16-36(68-6)17-11-32)27-33-12-18-37(69-7)19-13-33)60-45(42(30)53(56,57)58)40-43(54)47-41-46(44(40)55)61-50(72-29-35-15-14-34-28-70-23-21-66(34)35)63-49(41)65(22-24-71-47)31(2)38-9-8-20-59-48(38)62-51(67)73-52(3,4)5/h8-13,16-20,25,31,34-35H,14-15,21-24,26-29H2,1-7H3,(H,59,62,67)/t31-,34+,35+/m1/s1. The molecule has 15 nitrogen and oxygen atoms in total. The molecule has 6 heterocycles. The monoisotopic (exact) mass is 1030 g/mol. The zero-order valence-corrected chi connectivity index (χ0v) is 42.4. The van der Waals surface area contributed by atoms with Crippen LogP contribution in [0.25, 0.3) is 22.2 Å². The lowest BCUT2D eigenvalue weighted by molar-refractivity contribution is -0.137. The van der Waals surface area contributed by atoms with E-state index in [0.717, 1.165) is 24.0 Å². The number of hydrogen-bond donors (Lipinski definition) is 1. The molecule has 3 aromatic heterocycles. The minimum absolute atomic E-state index is 0.00433. The number of nitrogens with zero attached hydrogens (tertiary/aromatic N) is 7. The van der Waals surface area contributed by atoms with Crippen molar-refractivity contribution in [1.29, 1.82) is 0 Å². The number of methoxy groups -OCH3 is 2. The average Bonchev–Trinajstić information content (AvgIpc) is 3.67. The normalized spacial score (nSPS) is 17.3. The van der Waals surface area contributed by atoms with Gasteiger partial charge in [-0.15, -0.1) is 0 Å². The summed E-state index contributed by atoms with van der Waals surface area (Å²) < 4.78 is 99.9. The maximum Gasteiger partial charge on any atom is 0.418 e. The topological polar surface area (TPSA) is 146 Å². The molecule has 73 heavy (non-hydrogen) atoms. The first-order chi connectivity index (χ1) is 34.9. The number of carbonyl (C=O) groups excluding carboxylic acids is 1. The summed E-state index contributed by atoms with van der Waals surface area (Å²) in [6.45, 7) is 10.8. The van der Waals surface area contributed by atoms with Gasteiger partial charge in [-0.05, 0) is 101 Å². The number of benzene rings is 3. The smallest absolute Gasteiger partial charge is 0.418 e. The lowest BCUT2D eigenvalue weighted by Gasteiger charge is -2.33. The molecule has 3 aliphatic rings. The molecule has 0 bridgehead atoms. The molecule has 2 fully saturated rings. The largest absolute Gasteiger partial charge is 0.497 e. The van der Waals surface area contributed by atoms with Gasteiger partial charge in [0.2, 0.25) is 0 Å². The zero-order valence-electron chi connectivity index (χ0n) is 41.6. The van der Waals surface area contributed by atoms with Gasteiger partial charge in [-0.3, -0.25) is 10.2 Å². The van der Waals surface area contributed by atoms with Gasteiger partial charge in [0.05, 0.1) is 67.2 Å². The Balaban J connectivity index is 1.21. The molecule has 20 heteroatoms. The second-order valence-electron chi connectivity index (χ2n) is 19.3. The molecule has 2 saturated heterocycles. The van der Waals surface area contributed by atoms with E-state index in [1.165, 1.54) is 19.2 Å². The number of aryl methyl sites for hydroxylation is 1. The number of anilines is 3. The second kappa shape index (κ2) is 21.0. The van der Waals surface area contributed by atoms with Crippen LogP contribution >= 0.6 is 11.6 Å². The summed E-state index contributed by atoms with van der Waals surface area (Å²) >= 11 is 7.26. The SMILES string of the molecule is COc1ccc(CN(Cc2ccc(OC)cc2)c2cc(C)c(C(F)(F)F)c(-c3c(Cl)c4c5c(nc(OC[C@@H]6CC[C@H]7COCCN76)nc5c3F)N([C@H](C)c3cccnc3NC(=O)OC(C)(C)C)CCO4)n2)cc1. The van der Waals surface area contributed by atoms with Crippen molar-refractivity contribution in [3.05, 3.63) is 112 Å². The summed E-state index contributed by atoms with van der Waals surface area (Å²) in [5, 5.41) is 2.30. The molecule has 6 aromatic rings. The van der Waals surface area contributed by atoms with E-state index in [4.69, 9.17) is 50.0 Å². The van der Waals surface area contributed by atoms with Crippen LogP contribution in [0.4, 0.5) is 39.8 Å². The number of rotatable bonds is 14. The summed E-state index contributed by atoms with van der Waals surface area (Å²) in [6.07, 6.45) is -2.51. The number of nitrogens with one attached hydrogen (secondary N) is 1. The fourth-order valence-corrected chi connectivity index (χ4v) is 10.1. The molecule has 0 aliphatic carbocycles. The molecule has 3 aromatic carbocycles. The van der Waals surface area contributed by atoms with E-state index in [1.54, 1.807) is 76.3 Å². The van der Waals surface area contributed by atoms with E-state index in [-0.39, 0.29) is 85.1 Å². The van der Waals surface area contributed by atoms with Gasteiger partial charge in [0, 0.05) is 43.5 Å². The van der Waals surface area contributed by atoms with E-state index >= 15 is 17.6 Å². The Labute approximate surface area is 425 Å². The Morgan fingerprint density at radius 1 is 0.945 bits per heavy atom. The van der Waals surface area contributed by atoms with Gasteiger partial charge in [-0.2, -0.15) is 23.1 Å². The molecule has 1 amide bonds. The Morgan fingerprint density at radius 2 is 1.63 bits per heavy atom. The summed E-state index contributed by atoms with van der Waals surface area (Å²) in [7, 11) is 3.11. The Hall–Kier alpha value is -6.70. The lowest BCUT2D eigenvalue weighted by atomic mass is 9.98. The fourth-order valence-electron chi connectivity index (χ4n) is 9.78. The number of hydrogen-bond acceptors (Lipinski definition) is 14. The van der Waals surface area contributed by atoms with Gasteiger partial charge in [0.15, 0.2) is 11.6 Å². The van der Waals surface area contributed by atoms with Gasteiger partial charge in [0.25, 0.3) is 0 Å². The van der Waals surface area contributed by atoms with Crippen LogP contribution in [0.1, 0.15) is 74.4 Å². The minimum atomic E-state index is -5.02. The maximum atomic E-state index is 18.2. The predicted octanol–water partition coefficient (Wildman–Crippen LogP) is 11.0. The molecule has 386 valence electrons. The van der Waals surface area contributed by atoms with E-state index in [9.17, 15) is 4.79 Å². The first-order valence-corrected chi connectivity index (χ1v) is 24.4. The average molecular weight is 1030 g/mol. The van der Waals surface area contributed by atoms with Crippen molar-refractivity contribution >= 4 is 46.1 Å². The molecule has 3 atom stereocenters. The Morgan fingerprint density at radius 3 is 2.27 bits per heavy atom. The number of halogens is 5. The molecule has 1 N–H and O–H groups in total. The van der Waals surface area contributed by atoms with E-state index in [0.29, 0.717) is 36.8 Å². The summed E-state index contributed by atoms with van der Waals surface area (Å²) in [5.41, 5.74) is -1.87. The highest BCUT2D eigenvalue weighted by atomic mass is 35.5. The number of fused-ring (bicyclic) bond motifs is 1. The van der Waals surface area contributed by atoms with Gasteiger partial charge in [0.1, 0.15) is 53.3 Å². The molecule has 3 aliphatic heterocycles.